The van der Waals surface area contributed by atoms with E-state index in [1.54, 1.807) is 18.2 Å². The second-order valence-electron chi connectivity index (χ2n) is 6.47. The van der Waals surface area contributed by atoms with Gasteiger partial charge in [-0.1, -0.05) is 12.7 Å². The molecule has 2 rings (SSSR count). The third kappa shape index (κ3) is 6.80. The first kappa shape index (κ1) is 25.4. The second kappa shape index (κ2) is 12.8. The van der Waals surface area contributed by atoms with Gasteiger partial charge in [0.2, 0.25) is 5.75 Å². The van der Waals surface area contributed by atoms with Gasteiger partial charge in [0.15, 0.2) is 23.0 Å². The molecule has 0 saturated heterocycles. The van der Waals surface area contributed by atoms with Gasteiger partial charge in [-0.2, -0.15) is 0 Å². The molecule has 0 aliphatic carbocycles. The Bertz CT molecular complexity index is 948. The Hall–Kier alpha value is -3.88. The van der Waals surface area contributed by atoms with Gasteiger partial charge < -0.3 is 23.7 Å². The molecule has 2 N–H and O–H groups in total. The van der Waals surface area contributed by atoms with Crippen molar-refractivity contribution in [2.75, 3.05) is 33.5 Å². The molecule has 0 spiro atoms. The van der Waals surface area contributed by atoms with Gasteiger partial charge in [0.1, 0.15) is 6.61 Å². The summed E-state index contributed by atoms with van der Waals surface area (Å²) in [6.45, 7) is 10.5. The highest BCUT2D eigenvalue weighted by atomic mass is 16.5. The number of carbonyl (C=O) groups is 2. The summed E-state index contributed by atoms with van der Waals surface area (Å²) in [6, 6.07) is 7.74. The number of hydrogen-bond acceptors (Lipinski definition) is 7. The summed E-state index contributed by atoms with van der Waals surface area (Å²) in [4.78, 5) is 25.3. The van der Waals surface area contributed by atoms with Crippen molar-refractivity contribution in [2.24, 2.45) is 0 Å². The number of methoxy groups -OCH3 is 1. The van der Waals surface area contributed by atoms with Crippen LogP contribution in [0.15, 0.2) is 43.0 Å². The lowest BCUT2D eigenvalue weighted by molar-refractivity contribution is 0.0846. The minimum absolute atomic E-state index is 0.233. The molecular weight excluding hydrogens is 428 g/mol. The number of nitrogens with one attached hydrogen (secondary N) is 2. The average Bonchev–Trinajstić information content (AvgIpc) is 2.82. The molecule has 0 aliphatic heterocycles. The normalized spacial score (nSPS) is 10.1. The lowest BCUT2D eigenvalue weighted by Gasteiger charge is -2.17. The molecule has 0 atom stereocenters. The first-order valence-corrected chi connectivity index (χ1v) is 10.6. The van der Waals surface area contributed by atoms with E-state index in [1.807, 2.05) is 20.8 Å². The van der Waals surface area contributed by atoms with Crippen molar-refractivity contribution in [2.45, 2.75) is 20.8 Å². The fraction of sp³-hybridized carbons (Fsp3) is 0.333. The van der Waals surface area contributed by atoms with Gasteiger partial charge in [-0.25, -0.2) is 0 Å². The third-order valence-corrected chi connectivity index (χ3v) is 4.24. The molecule has 0 saturated carbocycles. The zero-order valence-electron chi connectivity index (χ0n) is 19.4. The summed E-state index contributed by atoms with van der Waals surface area (Å²) in [5.41, 5.74) is 5.29. The Morgan fingerprint density at radius 3 is 1.85 bits per heavy atom. The summed E-state index contributed by atoms with van der Waals surface area (Å²) in [7, 11) is 1.47. The maximum atomic E-state index is 12.7. The monoisotopic (exact) mass is 458 g/mol. The van der Waals surface area contributed by atoms with E-state index < -0.39 is 11.8 Å². The molecule has 2 amide bonds. The van der Waals surface area contributed by atoms with Crippen molar-refractivity contribution in [1.82, 2.24) is 10.9 Å². The molecule has 2 aromatic rings. The van der Waals surface area contributed by atoms with Crippen LogP contribution in [0.4, 0.5) is 0 Å². The molecule has 0 bridgehead atoms. The van der Waals surface area contributed by atoms with Crippen LogP contribution in [0.5, 0.6) is 28.7 Å². The van der Waals surface area contributed by atoms with Gasteiger partial charge in [-0.05, 0) is 51.1 Å². The maximum Gasteiger partial charge on any atom is 0.269 e. The standard InChI is InChI=1S/C24H30N2O7/c1-6-12-33-18-11-10-16(13-19(18)29-5)23(27)25-26-24(28)17-14-20(30-7-2)22(32-9-4)21(15-17)31-8-3/h6,10-11,13-15H,1,7-9,12H2,2-5H3,(H,25,27)(H,26,28). The van der Waals surface area contributed by atoms with Crippen LogP contribution in [0.1, 0.15) is 41.5 Å². The largest absolute Gasteiger partial charge is 0.493 e. The van der Waals surface area contributed by atoms with Crippen LogP contribution in [0.3, 0.4) is 0 Å². The Labute approximate surface area is 193 Å². The second-order valence-corrected chi connectivity index (χ2v) is 6.47. The number of hydrazine groups is 1. The molecule has 0 fully saturated rings. The zero-order chi connectivity index (χ0) is 24.2. The van der Waals surface area contributed by atoms with E-state index in [-0.39, 0.29) is 11.1 Å². The van der Waals surface area contributed by atoms with Gasteiger partial charge in [-0.3, -0.25) is 20.4 Å². The van der Waals surface area contributed by atoms with Crippen LogP contribution in [-0.2, 0) is 0 Å². The van der Waals surface area contributed by atoms with Crippen molar-refractivity contribution in [3.63, 3.8) is 0 Å². The summed E-state index contributed by atoms with van der Waals surface area (Å²) in [6.07, 6.45) is 1.60. The van der Waals surface area contributed by atoms with Crippen molar-refractivity contribution < 1.29 is 33.3 Å². The number of ether oxygens (including phenoxy) is 5. The Morgan fingerprint density at radius 2 is 1.33 bits per heavy atom. The highest BCUT2D eigenvalue weighted by molar-refractivity contribution is 6.00. The van der Waals surface area contributed by atoms with Gasteiger partial charge in [-0.15, -0.1) is 0 Å². The average molecular weight is 459 g/mol. The van der Waals surface area contributed by atoms with Crippen LogP contribution in [0.2, 0.25) is 0 Å². The molecule has 9 nitrogen and oxygen atoms in total. The minimum Gasteiger partial charge on any atom is -0.493 e. The Kier molecular flexibility index (Phi) is 9.88. The maximum absolute atomic E-state index is 12.7. The fourth-order valence-corrected chi connectivity index (χ4v) is 2.85. The summed E-state index contributed by atoms with van der Waals surface area (Å²) in [5.74, 6) is 0.948. The number of carbonyl (C=O) groups excluding carboxylic acids is 2. The van der Waals surface area contributed by atoms with E-state index in [2.05, 4.69) is 17.4 Å². The highest BCUT2D eigenvalue weighted by Crippen LogP contribution is 2.39. The molecule has 2 aromatic carbocycles. The van der Waals surface area contributed by atoms with E-state index in [0.717, 1.165) is 0 Å². The topological polar surface area (TPSA) is 104 Å². The van der Waals surface area contributed by atoms with Gasteiger partial charge in [0, 0.05) is 11.1 Å². The van der Waals surface area contributed by atoms with Crippen LogP contribution >= 0.6 is 0 Å². The molecule has 9 heteroatoms. The lowest BCUT2D eigenvalue weighted by Crippen LogP contribution is -2.41. The van der Waals surface area contributed by atoms with Crippen molar-refractivity contribution >= 4 is 11.8 Å². The molecule has 0 unspecified atom stereocenters. The first-order valence-electron chi connectivity index (χ1n) is 10.6. The van der Waals surface area contributed by atoms with Gasteiger partial charge in [0.05, 0.1) is 26.9 Å². The minimum atomic E-state index is -0.550. The van der Waals surface area contributed by atoms with Crippen molar-refractivity contribution in [3.8, 4) is 28.7 Å². The Balaban J connectivity index is 2.17. The van der Waals surface area contributed by atoms with E-state index in [9.17, 15) is 9.59 Å². The predicted molar refractivity (Wildman–Crippen MR) is 124 cm³/mol. The van der Waals surface area contributed by atoms with Crippen LogP contribution in [-0.4, -0.2) is 45.4 Å². The SMILES string of the molecule is C=CCOc1ccc(C(=O)NNC(=O)c2cc(OCC)c(OCC)c(OCC)c2)cc1OC. The molecule has 0 radical (unpaired) electrons. The third-order valence-electron chi connectivity index (χ3n) is 4.24. The highest BCUT2D eigenvalue weighted by Gasteiger charge is 2.19. The van der Waals surface area contributed by atoms with Crippen LogP contribution in [0, 0.1) is 0 Å². The fourth-order valence-electron chi connectivity index (χ4n) is 2.85. The molecular formula is C24H30N2O7. The summed E-state index contributed by atoms with van der Waals surface area (Å²) >= 11 is 0. The molecule has 33 heavy (non-hydrogen) atoms. The predicted octanol–water partition coefficient (Wildman–Crippen LogP) is 3.53. The van der Waals surface area contributed by atoms with Crippen molar-refractivity contribution in [1.29, 1.82) is 0 Å². The molecule has 0 heterocycles. The zero-order valence-corrected chi connectivity index (χ0v) is 19.4. The van der Waals surface area contributed by atoms with Gasteiger partial charge >= 0.3 is 0 Å². The van der Waals surface area contributed by atoms with Crippen LogP contribution < -0.4 is 34.5 Å². The number of amides is 2. The molecule has 0 aromatic heterocycles. The first-order chi connectivity index (χ1) is 16.0. The van der Waals surface area contributed by atoms with E-state index >= 15 is 0 Å². The van der Waals surface area contributed by atoms with E-state index in [4.69, 9.17) is 23.7 Å². The van der Waals surface area contributed by atoms with E-state index in [1.165, 1.54) is 25.3 Å². The van der Waals surface area contributed by atoms with Crippen LogP contribution in [0.25, 0.3) is 0 Å². The Morgan fingerprint density at radius 1 is 0.788 bits per heavy atom. The number of hydrogen-bond donors (Lipinski definition) is 2. The molecule has 178 valence electrons. The smallest absolute Gasteiger partial charge is 0.269 e. The number of rotatable bonds is 12. The van der Waals surface area contributed by atoms with Crippen molar-refractivity contribution in [3.05, 3.63) is 54.1 Å². The molecule has 0 aliphatic rings. The quantitative estimate of drug-likeness (QED) is 0.370. The van der Waals surface area contributed by atoms with Gasteiger partial charge in [0.25, 0.3) is 11.8 Å². The lowest BCUT2D eigenvalue weighted by atomic mass is 10.1. The van der Waals surface area contributed by atoms with E-state index in [0.29, 0.717) is 55.2 Å². The summed E-state index contributed by atoms with van der Waals surface area (Å²) in [5, 5.41) is 0. The number of benzene rings is 2. The summed E-state index contributed by atoms with van der Waals surface area (Å²) < 4.78 is 27.6.